The van der Waals surface area contributed by atoms with Gasteiger partial charge in [-0.25, -0.2) is 9.50 Å². The second-order valence-electron chi connectivity index (χ2n) is 8.48. The van der Waals surface area contributed by atoms with Gasteiger partial charge in [0.15, 0.2) is 5.82 Å². The number of hydrogen-bond acceptors (Lipinski definition) is 5. The van der Waals surface area contributed by atoms with Crippen LogP contribution in [0.2, 0.25) is 0 Å². The molecule has 1 unspecified atom stereocenters. The van der Waals surface area contributed by atoms with Crippen LogP contribution in [0.3, 0.4) is 0 Å². The number of rotatable bonds is 4. The van der Waals surface area contributed by atoms with Crippen LogP contribution in [0.1, 0.15) is 36.6 Å². The molecule has 160 valence electrons. The molecule has 3 aromatic heterocycles. The van der Waals surface area contributed by atoms with Crippen molar-refractivity contribution in [2.75, 3.05) is 12.3 Å². The van der Waals surface area contributed by atoms with Crippen LogP contribution in [0, 0.1) is 0 Å². The van der Waals surface area contributed by atoms with Crippen LogP contribution in [0.25, 0.3) is 27.5 Å². The van der Waals surface area contributed by atoms with Gasteiger partial charge in [0.1, 0.15) is 11.8 Å². The zero-order valence-electron chi connectivity index (χ0n) is 17.8. The van der Waals surface area contributed by atoms with Gasteiger partial charge in [-0.05, 0) is 42.6 Å². The van der Waals surface area contributed by atoms with Gasteiger partial charge in [-0.1, -0.05) is 48.9 Å². The third-order valence-corrected chi connectivity index (χ3v) is 6.33. The predicted molar refractivity (Wildman–Crippen MR) is 126 cm³/mol. The molecule has 7 nitrogen and oxygen atoms in total. The standard InChI is InChI=1S/C25H25N7/c26-25-24-20(13-23(32(24)29-16-28-25)21-8-4-5-11-27-21)18-9-10-19-15-31(30-22(19)12-18)14-17-6-2-1-3-7-17/h1-3,6-7,9-10,12-13,15-16,21,27H,4-5,8,11,14H2,(H2,26,28,29). The third kappa shape index (κ3) is 3.31. The van der Waals surface area contributed by atoms with Gasteiger partial charge in [-0.3, -0.25) is 4.68 Å². The number of nitrogens with two attached hydrogens (primary N) is 1. The van der Waals surface area contributed by atoms with Gasteiger partial charge in [-0.2, -0.15) is 10.2 Å². The summed E-state index contributed by atoms with van der Waals surface area (Å²) in [7, 11) is 0. The molecule has 0 radical (unpaired) electrons. The molecule has 32 heavy (non-hydrogen) atoms. The van der Waals surface area contributed by atoms with Gasteiger partial charge in [0.2, 0.25) is 0 Å². The normalized spacial score (nSPS) is 16.7. The van der Waals surface area contributed by atoms with Gasteiger partial charge < -0.3 is 11.1 Å². The average Bonchev–Trinajstić information content (AvgIpc) is 3.41. The highest BCUT2D eigenvalue weighted by Crippen LogP contribution is 2.35. The first-order valence-corrected chi connectivity index (χ1v) is 11.1. The summed E-state index contributed by atoms with van der Waals surface area (Å²) in [6.07, 6.45) is 7.15. The Morgan fingerprint density at radius 2 is 1.97 bits per heavy atom. The number of benzene rings is 2. The van der Waals surface area contributed by atoms with Crippen LogP contribution in [-0.4, -0.2) is 30.9 Å². The molecule has 1 saturated heterocycles. The lowest BCUT2D eigenvalue weighted by molar-refractivity contribution is 0.400. The van der Waals surface area contributed by atoms with Gasteiger partial charge in [-0.15, -0.1) is 0 Å². The van der Waals surface area contributed by atoms with E-state index in [9.17, 15) is 0 Å². The summed E-state index contributed by atoms with van der Waals surface area (Å²) in [5.41, 5.74) is 12.6. The van der Waals surface area contributed by atoms with Crippen molar-refractivity contribution in [3.8, 4) is 11.1 Å². The Morgan fingerprint density at radius 3 is 2.81 bits per heavy atom. The quantitative estimate of drug-likeness (QED) is 0.453. The topological polar surface area (TPSA) is 86.1 Å². The van der Waals surface area contributed by atoms with Crippen molar-refractivity contribution >= 4 is 22.2 Å². The minimum absolute atomic E-state index is 0.271. The Morgan fingerprint density at radius 1 is 1.06 bits per heavy atom. The van der Waals surface area contributed by atoms with Crippen molar-refractivity contribution in [3.63, 3.8) is 0 Å². The lowest BCUT2D eigenvalue weighted by atomic mass is 10.0. The van der Waals surface area contributed by atoms with E-state index >= 15 is 0 Å². The monoisotopic (exact) mass is 423 g/mol. The van der Waals surface area contributed by atoms with Crippen molar-refractivity contribution < 1.29 is 0 Å². The summed E-state index contributed by atoms with van der Waals surface area (Å²) >= 11 is 0. The maximum atomic E-state index is 6.33. The molecule has 0 aliphatic carbocycles. The highest BCUT2D eigenvalue weighted by atomic mass is 15.3. The second-order valence-corrected chi connectivity index (χ2v) is 8.48. The Balaban J connectivity index is 1.43. The molecule has 1 aliphatic heterocycles. The lowest BCUT2D eigenvalue weighted by Gasteiger charge is -2.23. The maximum absolute atomic E-state index is 6.33. The number of fused-ring (bicyclic) bond motifs is 2. The Labute approximate surface area is 185 Å². The van der Waals surface area contributed by atoms with Crippen LogP contribution in [0.5, 0.6) is 0 Å². The Bertz CT molecular complexity index is 1390. The van der Waals surface area contributed by atoms with E-state index < -0.39 is 0 Å². The number of nitrogens with one attached hydrogen (secondary N) is 1. The molecule has 0 bridgehead atoms. The van der Waals surface area contributed by atoms with Gasteiger partial charge >= 0.3 is 0 Å². The van der Waals surface area contributed by atoms with Crippen LogP contribution in [0.4, 0.5) is 5.82 Å². The first kappa shape index (κ1) is 19.0. The number of hydrogen-bond donors (Lipinski definition) is 2. The fourth-order valence-corrected chi connectivity index (χ4v) is 4.75. The molecule has 0 saturated carbocycles. The lowest BCUT2D eigenvalue weighted by Crippen LogP contribution is -2.28. The molecule has 4 heterocycles. The van der Waals surface area contributed by atoms with E-state index in [4.69, 9.17) is 10.8 Å². The molecule has 0 amide bonds. The molecule has 5 aromatic rings. The van der Waals surface area contributed by atoms with E-state index in [2.05, 4.69) is 70.1 Å². The van der Waals surface area contributed by atoms with E-state index in [1.807, 2.05) is 15.3 Å². The number of piperidine rings is 1. The van der Waals surface area contributed by atoms with Gasteiger partial charge in [0, 0.05) is 23.2 Å². The molecule has 1 fully saturated rings. The van der Waals surface area contributed by atoms with Crippen LogP contribution in [-0.2, 0) is 6.54 Å². The predicted octanol–water partition coefficient (Wildman–Crippen LogP) is 4.19. The van der Waals surface area contributed by atoms with Crippen molar-refractivity contribution in [2.45, 2.75) is 31.8 Å². The minimum atomic E-state index is 0.271. The summed E-state index contributed by atoms with van der Waals surface area (Å²) in [5.74, 6) is 0.492. The first-order chi connectivity index (χ1) is 15.8. The van der Waals surface area contributed by atoms with Crippen LogP contribution < -0.4 is 11.1 Å². The molecule has 0 spiro atoms. The van der Waals surface area contributed by atoms with Crippen molar-refractivity contribution in [2.24, 2.45) is 0 Å². The van der Waals surface area contributed by atoms with E-state index in [-0.39, 0.29) is 6.04 Å². The van der Waals surface area contributed by atoms with Gasteiger partial charge in [0.25, 0.3) is 0 Å². The summed E-state index contributed by atoms with van der Waals surface area (Å²) in [6, 6.07) is 19.3. The first-order valence-electron chi connectivity index (χ1n) is 11.1. The highest BCUT2D eigenvalue weighted by molar-refractivity contribution is 5.92. The number of nitrogens with zero attached hydrogens (tertiary/aromatic N) is 5. The Kier molecular flexibility index (Phi) is 4.61. The molecular formula is C25H25N7. The zero-order chi connectivity index (χ0) is 21.5. The zero-order valence-corrected chi connectivity index (χ0v) is 17.8. The number of anilines is 1. The van der Waals surface area contributed by atoms with E-state index in [1.165, 1.54) is 24.7 Å². The summed E-state index contributed by atoms with van der Waals surface area (Å²) in [6.45, 7) is 1.77. The smallest absolute Gasteiger partial charge is 0.151 e. The largest absolute Gasteiger partial charge is 0.382 e. The van der Waals surface area contributed by atoms with Crippen molar-refractivity contribution in [1.82, 2.24) is 29.7 Å². The second kappa shape index (κ2) is 7.76. The van der Waals surface area contributed by atoms with Gasteiger partial charge in [0.05, 0.1) is 17.8 Å². The summed E-state index contributed by atoms with van der Waals surface area (Å²) in [4.78, 5) is 4.27. The van der Waals surface area contributed by atoms with Crippen LogP contribution in [0.15, 0.2) is 67.1 Å². The van der Waals surface area contributed by atoms with E-state index in [1.54, 1.807) is 0 Å². The molecule has 7 heteroatoms. The molecule has 1 aliphatic rings. The molecule has 1 atom stereocenters. The SMILES string of the molecule is Nc1ncnn2c(C3CCCCN3)cc(-c3ccc4cn(Cc5ccccc5)nc4c3)c12. The van der Waals surface area contributed by atoms with E-state index in [0.717, 1.165) is 52.8 Å². The summed E-state index contributed by atoms with van der Waals surface area (Å²) < 4.78 is 3.95. The highest BCUT2D eigenvalue weighted by Gasteiger charge is 2.23. The average molecular weight is 424 g/mol. The van der Waals surface area contributed by atoms with Crippen molar-refractivity contribution in [1.29, 1.82) is 0 Å². The fourth-order valence-electron chi connectivity index (χ4n) is 4.75. The minimum Gasteiger partial charge on any atom is -0.382 e. The fraction of sp³-hybridized carbons (Fsp3) is 0.240. The van der Waals surface area contributed by atoms with E-state index in [0.29, 0.717) is 5.82 Å². The number of aromatic nitrogens is 5. The number of nitrogen functional groups attached to an aromatic ring is 1. The van der Waals surface area contributed by atoms with Crippen LogP contribution >= 0.6 is 0 Å². The molecule has 2 aromatic carbocycles. The molecule has 3 N–H and O–H groups in total. The van der Waals surface area contributed by atoms with Crippen molar-refractivity contribution in [3.05, 3.63) is 78.4 Å². The molecule has 6 rings (SSSR count). The summed E-state index contributed by atoms with van der Waals surface area (Å²) in [5, 5.41) is 14.1. The Hall–Kier alpha value is -3.71. The molecular weight excluding hydrogens is 398 g/mol. The third-order valence-electron chi connectivity index (χ3n) is 6.33. The maximum Gasteiger partial charge on any atom is 0.151 e.